The van der Waals surface area contributed by atoms with Crippen LogP contribution in [0.4, 0.5) is 15.8 Å². The summed E-state index contributed by atoms with van der Waals surface area (Å²) in [5.74, 6) is 1.25. The molecule has 1 fully saturated rings. The summed E-state index contributed by atoms with van der Waals surface area (Å²) in [5, 5.41) is 6.84. The number of guanidine groups is 1. The van der Waals surface area contributed by atoms with Gasteiger partial charge in [0.25, 0.3) is 5.91 Å². The Bertz CT molecular complexity index is 967. The number of carbonyl (C=O) groups excluding carboxylic acids is 1. The van der Waals surface area contributed by atoms with E-state index in [-0.39, 0.29) is 24.4 Å². The highest BCUT2D eigenvalue weighted by Crippen LogP contribution is 2.31. The van der Waals surface area contributed by atoms with Crippen molar-refractivity contribution in [3.8, 4) is 5.75 Å². The zero-order valence-corrected chi connectivity index (χ0v) is 18.4. The van der Waals surface area contributed by atoms with Crippen molar-refractivity contribution in [1.29, 1.82) is 0 Å². The maximum Gasteiger partial charge on any atom is 0.265 e. The first kappa shape index (κ1) is 21.9. The first-order valence-electron chi connectivity index (χ1n) is 11.1. The van der Waals surface area contributed by atoms with Crippen molar-refractivity contribution in [1.82, 2.24) is 10.6 Å². The summed E-state index contributed by atoms with van der Waals surface area (Å²) in [4.78, 5) is 20.6. The number of anilines is 2. The average molecular weight is 440 g/mol. The monoisotopic (exact) mass is 439 g/mol. The summed E-state index contributed by atoms with van der Waals surface area (Å²) in [6.45, 7) is 3.09. The quantitative estimate of drug-likeness (QED) is 0.412. The third-order valence-corrected chi connectivity index (χ3v) is 5.82. The smallest absolute Gasteiger partial charge is 0.265 e. The number of amides is 1. The molecule has 4 rings (SSSR count). The van der Waals surface area contributed by atoms with Gasteiger partial charge in [0, 0.05) is 45.0 Å². The zero-order chi connectivity index (χ0) is 22.3. The number of hydrogen-bond donors (Lipinski definition) is 2. The van der Waals surface area contributed by atoms with Gasteiger partial charge >= 0.3 is 0 Å². The third kappa shape index (κ3) is 5.30. The van der Waals surface area contributed by atoms with E-state index in [1.807, 2.05) is 30.3 Å². The van der Waals surface area contributed by atoms with E-state index in [4.69, 9.17) is 4.74 Å². The van der Waals surface area contributed by atoms with E-state index in [9.17, 15) is 9.18 Å². The van der Waals surface area contributed by atoms with Crippen LogP contribution < -0.4 is 25.2 Å². The van der Waals surface area contributed by atoms with E-state index >= 15 is 0 Å². The fourth-order valence-corrected chi connectivity index (χ4v) is 4.23. The molecule has 0 spiro atoms. The maximum atomic E-state index is 13.6. The second-order valence-corrected chi connectivity index (χ2v) is 8.06. The van der Waals surface area contributed by atoms with E-state index in [0.29, 0.717) is 13.1 Å². The van der Waals surface area contributed by atoms with Gasteiger partial charge in [0.1, 0.15) is 11.6 Å². The molecule has 2 aliphatic heterocycles. The Morgan fingerprint density at radius 2 is 2.12 bits per heavy atom. The van der Waals surface area contributed by atoms with Crippen LogP contribution in [0, 0.1) is 5.82 Å². The molecule has 2 heterocycles. The van der Waals surface area contributed by atoms with Crippen molar-refractivity contribution in [2.75, 3.05) is 49.6 Å². The number of rotatable bonds is 6. The lowest BCUT2D eigenvalue weighted by Crippen LogP contribution is -2.51. The van der Waals surface area contributed by atoms with Crippen LogP contribution in [0.25, 0.3) is 0 Å². The number of benzene rings is 2. The number of fused-ring (bicyclic) bond motifs is 1. The van der Waals surface area contributed by atoms with Gasteiger partial charge in [-0.2, -0.15) is 0 Å². The summed E-state index contributed by atoms with van der Waals surface area (Å²) in [6.07, 6.45) is 2.84. The highest BCUT2D eigenvalue weighted by atomic mass is 19.1. The molecule has 2 aromatic rings. The van der Waals surface area contributed by atoms with Crippen molar-refractivity contribution < 1.29 is 13.9 Å². The number of hydrogen-bond acceptors (Lipinski definition) is 4. The molecule has 32 heavy (non-hydrogen) atoms. The van der Waals surface area contributed by atoms with Crippen LogP contribution in [0.2, 0.25) is 0 Å². The molecule has 0 aromatic heterocycles. The van der Waals surface area contributed by atoms with Crippen molar-refractivity contribution >= 4 is 23.2 Å². The van der Waals surface area contributed by atoms with Gasteiger partial charge in [-0.15, -0.1) is 0 Å². The largest absolute Gasteiger partial charge is 0.482 e. The highest BCUT2D eigenvalue weighted by molar-refractivity contribution is 5.97. The van der Waals surface area contributed by atoms with E-state index in [1.54, 1.807) is 24.1 Å². The van der Waals surface area contributed by atoms with Gasteiger partial charge in [0.15, 0.2) is 12.6 Å². The number of aliphatic imine (C=N–C) groups is 1. The van der Waals surface area contributed by atoms with E-state index in [0.717, 1.165) is 55.4 Å². The predicted octanol–water partition coefficient (Wildman–Crippen LogP) is 2.78. The Balaban J connectivity index is 1.25. The minimum absolute atomic E-state index is 0.0224. The van der Waals surface area contributed by atoms with Crippen LogP contribution in [-0.4, -0.2) is 57.7 Å². The van der Waals surface area contributed by atoms with Crippen LogP contribution in [-0.2, 0) is 4.79 Å². The SMILES string of the molecule is CN=C(NCCCN1C(=O)COc2ccccc21)NC1CCCN(c2cccc(F)c2)C1. The third-order valence-electron chi connectivity index (χ3n) is 5.82. The topological polar surface area (TPSA) is 69.2 Å². The van der Waals surface area contributed by atoms with E-state index < -0.39 is 0 Å². The molecular weight excluding hydrogens is 409 g/mol. The second kappa shape index (κ2) is 10.3. The molecule has 8 heteroatoms. The molecule has 1 amide bonds. The summed E-state index contributed by atoms with van der Waals surface area (Å²) >= 11 is 0. The first-order valence-corrected chi connectivity index (χ1v) is 11.1. The van der Waals surface area contributed by atoms with Crippen LogP contribution in [0.1, 0.15) is 19.3 Å². The number of halogens is 1. The number of piperidine rings is 1. The lowest BCUT2D eigenvalue weighted by molar-refractivity contribution is -0.121. The molecule has 0 saturated carbocycles. The summed E-state index contributed by atoms with van der Waals surface area (Å²) in [6, 6.07) is 14.6. The molecule has 2 aliphatic rings. The van der Waals surface area contributed by atoms with Gasteiger partial charge in [-0.3, -0.25) is 9.79 Å². The summed E-state index contributed by atoms with van der Waals surface area (Å²) in [5.41, 5.74) is 1.74. The standard InChI is InChI=1S/C24H30FN5O2/c1-26-24(28-19-8-5-13-29(16-19)20-9-4-7-18(25)15-20)27-12-6-14-30-21-10-2-3-11-22(21)32-17-23(30)31/h2-4,7,9-11,15,19H,5-6,8,12-14,16-17H2,1H3,(H2,26,27,28). The fraction of sp³-hybridized carbons (Fsp3) is 0.417. The van der Waals surface area contributed by atoms with Crippen molar-refractivity contribution in [3.05, 3.63) is 54.3 Å². The van der Waals surface area contributed by atoms with Crippen molar-refractivity contribution in [2.45, 2.75) is 25.3 Å². The lowest BCUT2D eigenvalue weighted by atomic mass is 10.0. The Labute approximate surface area is 188 Å². The number of para-hydroxylation sites is 2. The van der Waals surface area contributed by atoms with Crippen LogP contribution in [0.5, 0.6) is 5.75 Å². The number of nitrogens with one attached hydrogen (secondary N) is 2. The van der Waals surface area contributed by atoms with Gasteiger partial charge in [-0.1, -0.05) is 18.2 Å². The van der Waals surface area contributed by atoms with Crippen LogP contribution in [0.3, 0.4) is 0 Å². The predicted molar refractivity (Wildman–Crippen MR) is 125 cm³/mol. The molecule has 0 radical (unpaired) electrons. The van der Waals surface area contributed by atoms with E-state index in [2.05, 4.69) is 20.5 Å². The first-order chi connectivity index (χ1) is 15.6. The average Bonchev–Trinajstić information content (AvgIpc) is 2.82. The van der Waals surface area contributed by atoms with Gasteiger partial charge in [-0.05, 0) is 49.6 Å². The van der Waals surface area contributed by atoms with Gasteiger partial charge in [0.05, 0.1) is 5.69 Å². The number of carbonyl (C=O) groups is 1. The molecular formula is C24H30FN5O2. The van der Waals surface area contributed by atoms with E-state index in [1.165, 1.54) is 6.07 Å². The molecule has 2 N–H and O–H groups in total. The number of nitrogens with zero attached hydrogens (tertiary/aromatic N) is 3. The normalized spacial score (nSPS) is 18.8. The molecule has 1 unspecified atom stereocenters. The second-order valence-electron chi connectivity index (χ2n) is 8.06. The van der Waals surface area contributed by atoms with Crippen molar-refractivity contribution in [3.63, 3.8) is 0 Å². The van der Waals surface area contributed by atoms with Gasteiger partial charge in [-0.25, -0.2) is 4.39 Å². The minimum Gasteiger partial charge on any atom is -0.482 e. The molecule has 1 atom stereocenters. The summed E-state index contributed by atoms with van der Waals surface area (Å²) < 4.78 is 19.1. The van der Waals surface area contributed by atoms with Crippen LogP contribution >= 0.6 is 0 Å². The lowest BCUT2D eigenvalue weighted by Gasteiger charge is -2.35. The Morgan fingerprint density at radius 1 is 1.25 bits per heavy atom. The van der Waals surface area contributed by atoms with Gasteiger partial charge in [0.2, 0.25) is 0 Å². The van der Waals surface area contributed by atoms with Crippen molar-refractivity contribution in [2.24, 2.45) is 4.99 Å². The molecule has 0 bridgehead atoms. The Hall–Kier alpha value is -3.29. The minimum atomic E-state index is -0.212. The Kier molecular flexibility index (Phi) is 7.09. The molecule has 2 aromatic carbocycles. The maximum absolute atomic E-state index is 13.6. The van der Waals surface area contributed by atoms with Crippen LogP contribution in [0.15, 0.2) is 53.5 Å². The summed E-state index contributed by atoms with van der Waals surface area (Å²) in [7, 11) is 1.75. The molecule has 170 valence electrons. The van der Waals surface area contributed by atoms with Gasteiger partial charge < -0.3 is 25.2 Å². The zero-order valence-electron chi connectivity index (χ0n) is 18.4. The fourth-order valence-electron chi connectivity index (χ4n) is 4.23. The molecule has 1 saturated heterocycles. The number of ether oxygens (including phenoxy) is 1. The molecule has 7 nitrogen and oxygen atoms in total. The Morgan fingerprint density at radius 3 is 2.97 bits per heavy atom. The molecule has 0 aliphatic carbocycles. The highest BCUT2D eigenvalue weighted by Gasteiger charge is 2.25.